The minimum absolute atomic E-state index is 0.293. The highest BCUT2D eigenvalue weighted by Crippen LogP contribution is 2.19. The summed E-state index contributed by atoms with van der Waals surface area (Å²) in [6, 6.07) is 7.29. The Morgan fingerprint density at radius 1 is 1.06 bits per heavy atom. The molecule has 0 saturated heterocycles. The summed E-state index contributed by atoms with van der Waals surface area (Å²) in [7, 11) is 0. The molecule has 0 aromatic heterocycles. The second-order valence-electron chi connectivity index (χ2n) is 3.85. The molecule has 0 atom stereocenters. The number of thiol groups is 1. The number of anilines is 1. The van der Waals surface area contributed by atoms with E-state index in [9.17, 15) is 9.59 Å². The zero-order chi connectivity index (χ0) is 13.0. The first-order valence-corrected chi connectivity index (χ1v) is 6.29. The molecule has 0 fully saturated rings. The van der Waals surface area contributed by atoms with E-state index in [1.807, 2.05) is 24.3 Å². The molecule has 2 rings (SSSR count). The fraction of sp³-hybridized carbons (Fsp3) is 0.143. The Bertz CT molecular complexity index is 499. The van der Waals surface area contributed by atoms with Crippen molar-refractivity contribution < 1.29 is 9.59 Å². The van der Waals surface area contributed by atoms with Gasteiger partial charge in [0.1, 0.15) is 0 Å². The molecule has 1 aliphatic rings. The average Bonchev–Trinajstić information content (AvgIpc) is 2.71. The van der Waals surface area contributed by atoms with E-state index >= 15 is 0 Å². The van der Waals surface area contributed by atoms with Gasteiger partial charge in [-0.1, -0.05) is 24.3 Å². The van der Waals surface area contributed by atoms with E-state index in [0.29, 0.717) is 5.69 Å². The number of rotatable bonds is 4. The first-order valence-electron chi connectivity index (χ1n) is 5.66. The molecule has 0 spiro atoms. The number of amides is 2. The van der Waals surface area contributed by atoms with Gasteiger partial charge in [-0.3, -0.25) is 9.59 Å². The van der Waals surface area contributed by atoms with Gasteiger partial charge in [-0.25, -0.2) is 4.90 Å². The second-order valence-corrected chi connectivity index (χ2v) is 4.30. The number of carbonyl (C=O) groups excluding carboxylic acids is 2. The van der Waals surface area contributed by atoms with Crippen molar-refractivity contribution in [2.75, 3.05) is 10.7 Å². The Balaban J connectivity index is 2.13. The van der Waals surface area contributed by atoms with Gasteiger partial charge in [-0.05, 0) is 29.9 Å². The highest BCUT2D eigenvalue weighted by atomic mass is 32.1. The topological polar surface area (TPSA) is 37.4 Å². The normalized spacial score (nSPS) is 15.1. The van der Waals surface area contributed by atoms with Crippen LogP contribution in [-0.2, 0) is 9.59 Å². The number of hydrogen-bond donors (Lipinski definition) is 1. The fourth-order valence-electron chi connectivity index (χ4n) is 1.68. The molecule has 1 heterocycles. The Hall–Kier alpha value is -1.81. The minimum atomic E-state index is -0.293. The number of allylic oxidation sites excluding steroid dienone is 1. The van der Waals surface area contributed by atoms with E-state index < -0.39 is 0 Å². The molecule has 1 aromatic carbocycles. The fourth-order valence-corrected chi connectivity index (χ4v) is 1.83. The van der Waals surface area contributed by atoms with Gasteiger partial charge in [-0.15, -0.1) is 0 Å². The lowest BCUT2D eigenvalue weighted by Crippen LogP contribution is -2.29. The number of carbonyl (C=O) groups is 2. The van der Waals surface area contributed by atoms with Crippen LogP contribution in [0.15, 0.2) is 42.5 Å². The van der Waals surface area contributed by atoms with Crippen LogP contribution in [0.1, 0.15) is 12.0 Å². The van der Waals surface area contributed by atoms with Crippen LogP contribution in [0.25, 0.3) is 6.08 Å². The summed E-state index contributed by atoms with van der Waals surface area (Å²) in [6.07, 6.45) is 7.51. The maximum Gasteiger partial charge on any atom is 0.258 e. The standard InChI is InChI=1S/C14H13NO2S/c16-13-8-9-14(17)15(13)12-6-4-11(5-7-12)3-1-2-10-18/h1,3-9,18H,2,10H2. The average molecular weight is 259 g/mol. The van der Waals surface area contributed by atoms with Crippen LogP contribution in [0, 0.1) is 0 Å². The molecule has 0 radical (unpaired) electrons. The van der Waals surface area contributed by atoms with Gasteiger partial charge in [-0.2, -0.15) is 12.6 Å². The van der Waals surface area contributed by atoms with E-state index in [-0.39, 0.29) is 11.8 Å². The van der Waals surface area contributed by atoms with Crippen molar-refractivity contribution in [2.24, 2.45) is 0 Å². The third-order valence-electron chi connectivity index (χ3n) is 2.57. The molecule has 2 amide bonds. The number of imide groups is 1. The molecule has 3 nitrogen and oxygen atoms in total. The number of hydrogen-bond acceptors (Lipinski definition) is 3. The number of benzene rings is 1. The quantitative estimate of drug-likeness (QED) is 0.666. The molecule has 0 saturated carbocycles. The second kappa shape index (κ2) is 5.69. The van der Waals surface area contributed by atoms with Crippen molar-refractivity contribution in [3.8, 4) is 0 Å². The van der Waals surface area contributed by atoms with E-state index in [4.69, 9.17) is 0 Å². The van der Waals surface area contributed by atoms with Crippen molar-refractivity contribution in [1.82, 2.24) is 0 Å². The van der Waals surface area contributed by atoms with Gasteiger partial charge in [0.25, 0.3) is 11.8 Å². The summed E-state index contributed by atoms with van der Waals surface area (Å²) in [5.41, 5.74) is 1.63. The first-order chi connectivity index (χ1) is 8.72. The highest BCUT2D eigenvalue weighted by molar-refractivity contribution is 7.80. The van der Waals surface area contributed by atoms with Crippen molar-refractivity contribution in [3.05, 3.63) is 48.1 Å². The molecule has 0 unspecified atom stereocenters. The lowest BCUT2D eigenvalue weighted by Gasteiger charge is -2.13. The summed E-state index contributed by atoms with van der Waals surface area (Å²) < 4.78 is 0. The predicted molar refractivity (Wildman–Crippen MR) is 75.6 cm³/mol. The van der Waals surface area contributed by atoms with Gasteiger partial charge in [0.15, 0.2) is 0 Å². The molecule has 1 aliphatic heterocycles. The van der Waals surface area contributed by atoms with E-state index in [2.05, 4.69) is 12.6 Å². The largest absolute Gasteiger partial charge is 0.269 e. The molecule has 0 aliphatic carbocycles. The van der Waals surface area contributed by atoms with Crippen LogP contribution >= 0.6 is 12.6 Å². The van der Waals surface area contributed by atoms with Crippen LogP contribution in [0.2, 0.25) is 0 Å². The third-order valence-corrected chi connectivity index (χ3v) is 2.82. The minimum Gasteiger partial charge on any atom is -0.269 e. The molecule has 1 aromatic rings. The van der Waals surface area contributed by atoms with Gasteiger partial charge < -0.3 is 0 Å². The first kappa shape index (κ1) is 12.6. The van der Waals surface area contributed by atoms with Crippen LogP contribution in [0.3, 0.4) is 0 Å². The number of nitrogens with zero attached hydrogens (tertiary/aromatic N) is 1. The Morgan fingerprint density at radius 3 is 2.22 bits per heavy atom. The van der Waals surface area contributed by atoms with Gasteiger partial charge in [0, 0.05) is 12.2 Å². The SMILES string of the molecule is O=C1C=CC(=O)N1c1ccc(C=CCCS)cc1. The maximum atomic E-state index is 11.5. The Morgan fingerprint density at radius 2 is 1.67 bits per heavy atom. The Kier molecular flexibility index (Phi) is 3.99. The van der Waals surface area contributed by atoms with Crippen LogP contribution < -0.4 is 4.90 Å². The maximum absolute atomic E-state index is 11.5. The molecule has 4 heteroatoms. The van der Waals surface area contributed by atoms with Gasteiger partial charge in [0.2, 0.25) is 0 Å². The van der Waals surface area contributed by atoms with E-state index in [1.165, 1.54) is 12.2 Å². The zero-order valence-corrected chi connectivity index (χ0v) is 10.6. The molecule has 0 N–H and O–H groups in total. The lowest BCUT2D eigenvalue weighted by molar-refractivity contribution is -0.119. The summed E-state index contributed by atoms with van der Waals surface area (Å²) in [4.78, 5) is 24.1. The van der Waals surface area contributed by atoms with Crippen molar-refractivity contribution >= 4 is 36.2 Å². The summed E-state index contributed by atoms with van der Waals surface area (Å²) in [6.45, 7) is 0. The monoisotopic (exact) mass is 259 g/mol. The van der Waals surface area contributed by atoms with Crippen molar-refractivity contribution in [2.45, 2.75) is 6.42 Å². The van der Waals surface area contributed by atoms with Gasteiger partial charge >= 0.3 is 0 Å². The van der Waals surface area contributed by atoms with Crippen LogP contribution in [0.4, 0.5) is 5.69 Å². The Labute approximate surface area is 111 Å². The van der Waals surface area contributed by atoms with E-state index in [0.717, 1.165) is 22.6 Å². The van der Waals surface area contributed by atoms with Crippen molar-refractivity contribution in [1.29, 1.82) is 0 Å². The molecule has 0 bridgehead atoms. The summed E-state index contributed by atoms with van der Waals surface area (Å²) in [5, 5.41) is 0. The summed E-state index contributed by atoms with van der Waals surface area (Å²) in [5.74, 6) is 0.230. The molecule has 18 heavy (non-hydrogen) atoms. The van der Waals surface area contributed by atoms with Crippen LogP contribution in [0.5, 0.6) is 0 Å². The van der Waals surface area contributed by atoms with Crippen LogP contribution in [-0.4, -0.2) is 17.6 Å². The zero-order valence-electron chi connectivity index (χ0n) is 9.74. The smallest absolute Gasteiger partial charge is 0.258 e. The molecular weight excluding hydrogens is 246 g/mol. The predicted octanol–water partition coefficient (Wildman–Crippen LogP) is 2.45. The lowest BCUT2D eigenvalue weighted by atomic mass is 10.1. The molecule has 92 valence electrons. The summed E-state index contributed by atoms with van der Waals surface area (Å²) >= 11 is 4.12. The highest BCUT2D eigenvalue weighted by Gasteiger charge is 2.24. The molecular formula is C14H13NO2S. The van der Waals surface area contributed by atoms with Crippen molar-refractivity contribution in [3.63, 3.8) is 0 Å². The van der Waals surface area contributed by atoms with E-state index in [1.54, 1.807) is 12.1 Å². The van der Waals surface area contributed by atoms with Gasteiger partial charge in [0.05, 0.1) is 5.69 Å². The third kappa shape index (κ3) is 2.71.